The topological polar surface area (TPSA) is 75.2 Å². The molecule has 2 aromatic heterocycles. The van der Waals surface area contributed by atoms with E-state index < -0.39 is 25.3 Å². The molecule has 2 N–H and O–H groups in total. The van der Waals surface area contributed by atoms with E-state index in [2.05, 4.69) is 14.7 Å². The van der Waals surface area contributed by atoms with Crippen molar-refractivity contribution in [1.29, 1.82) is 0 Å². The largest absolute Gasteiger partial charge is 0.476 e. The Hall–Kier alpha value is -1.88. The molecule has 0 fully saturated rings. The average molecular weight is 209 g/mol. The lowest BCUT2D eigenvalue weighted by atomic mass is 10.1. The molecule has 0 aromatic carbocycles. The third-order valence-corrected chi connectivity index (χ3v) is 1.92. The van der Waals surface area contributed by atoms with E-state index >= 15 is 0 Å². The molecule has 2 heterocycles. The minimum Gasteiger partial charge on any atom is -0.476 e. The van der Waals surface area contributed by atoms with Crippen molar-refractivity contribution in [3.8, 4) is 0 Å². The molecule has 0 aliphatic carbocycles. The smallest absolute Gasteiger partial charge is 0.354 e. The molecule has 0 spiro atoms. The zero-order chi connectivity index (χ0) is 13.3. The van der Waals surface area contributed by atoms with Crippen LogP contribution in [0.5, 0.6) is 0 Å². The van der Waals surface area contributed by atoms with Gasteiger partial charge in [0.05, 0.1) is 10.7 Å². The molecule has 0 aliphatic rings. The number of aromatic amines is 1. The monoisotopic (exact) mass is 209 g/mol. The van der Waals surface area contributed by atoms with Gasteiger partial charge < -0.3 is 14.8 Å². The van der Waals surface area contributed by atoms with Crippen LogP contribution in [-0.4, -0.2) is 28.1 Å². The van der Waals surface area contributed by atoms with Crippen molar-refractivity contribution in [2.75, 3.05) is 7.09 Å². The van der Waals surface area contributed by atoms with Gasteiger partial charge in [-0.05, 0) is 12.1 Å². The Bertz CT molecular complexity index is 597. The second-order valence-electron chi connectivity index (χ2n) is 2.85. The summed E-state index contributed by atoms with van der Waals surface area (Å²) < 4.78 is 26.8. The predicted molar refractivity (Wildman–Crippen MR) is 53.8 cm³/mol. The van der Waals surface area contributed by atoms with Gasteiger partial charge in [-0.3, -0.25) is 0 Å². The molecule has 0 bridgehead atoms. The van der Waals surface area contributed by atoms with Crippen molar-refractivity contribution in [1.82, 2.24) is 9.97 Å². The van der Waals surface area contributed by atoms with Crippen LogP contribution in [0.25, 0.3) is 11.0 Å². The first-order valence-corrected chi connectivity index (χ1v) is 4.11. The molecule has 5 heteroatoms. The first kappa shape index (κ1) is 6.58. The van der Waals surface area contributed by atoms with Gasteiger partial charge in [0.2, 0.25) is 0 Å². The molecule has 5 nitrogen and oxygen atoms in total. The summed E-state index contributed by atoms with van der Waals surface area (Å²) in [7, 11) is -0.614. The molecule has 2 rings (SSSR count). The molecular formula is C10H10N2O3. The van der Waals surface area contributed by atoms with Crippen LogP contribution in [0.2, 0.25) is 0 Å². The van der Waals surface area contributed by atoms with Gasteiger partial charge in [0.15, 0.2) is 5.69 Å². The second kappa shape index (κ2) is 3.70. The Morgan fingerprint density at radius 1 is 1.87 bits per heavy atom. The van der Waals surface area contributed by atoms with Crippen molar-refractivity contribution in [3.05, 3.63) is 29.6 Å². The normalized spacial score (nSPS) is 14.5. The van der Waals surface area contributed by atoms with Crippen LogP contribution >= 0.6 is 0 Å². The molecular weight excluding hydrogens is 196 g/mol. The van der Waals surface area contributed by atoms with E-state index in [1.807, 2.05) is 0 Å². The standard InChI is InChI=1S/C10H10N2O3/c1-15-5-7-4-6-2-3-11-9(6)12-8(7)10(13)14/h2-4H,5H2,1H3,(H,11,12)(H,13,14)/i1D,5D2. The minimum absolute atomic E-state index is 0.200. The number of aromatic nitrogens is 2. The third-order valence-electron chi connectivity index (χ3n) is 1.92. The van der Waals surface area contributed by atoms with Crippen molar-refractivity contribution in [2.45, 2.75) is 6.56 Å². The summed E-state index contributed by atoms with van der Waals surface area (Å²) in [5, 5.41) is 9.63. The fraction of sp³-hybridized carbons (Fsp3) is 0.200. The number of nitrogens with one attached hydrogen (secondary N) is 1. The van der Waals surface area contributed by atoms with E-state index in [4.69, 9.17) is 9.22 Å². The highest BCUT2D eigenvalue weighted by molar-refractivity contribution is 5.90. The summed E-state index contributed by atoms with van der Waals surface area (Å²) in [6.45, 7) is -2.37. The quantitative estimate of drug-likeness (QED) is 0.801. The molecule has 15 heavy (non-hydrogen) atoms. The number of H-pyrrole nitrogens is 1. The first-order valence-electron chi connectivity index (χ1n) is 5.81. The van der Waals surface area contributed by atoms with Crippen LogP contribution in [0.4, 0.5) is 0 Å². The van der Waals surface area contributed by atoms with Gasteiger partial charge in [-0.2, -0.15) is 0 Å². The van der Waals surface area contributed by atoms with Crippen LogP contribution in [0.1, 0.15) is 20.2 Å². The number of pyridine rings is 1. The fourth-order valence-electron chi connectivity index (χ4n) is 1.30. The van der Waals surface area contributed by atoms with Gasteiger partial charge in [-0.1, -0.05) is 0 Å². The Kier molecular flexibility index (Phi) is 1.62. The molecule has 0 radical (unpaired) electrons. The van der Waals surface area contributed by atoms with Crippen LogP contribution in [0.3, 0.4) is 0 Å². The fourth-order valence-corrected chi connectivity index (χ4v) is 1.30. The number of carboxylic acid groups (broad SMARTS) is 1. The molecule has 0 atom stereocenters. The van der Waals surface area contributed by atoms with Crippen molar-refractivity contribution < 1.29 is 18.8 Å². The zero-order valence-corrected chi connectivity index (χ0v) is 7.65. The molecule has 0 aliphatic heterocycles. The number of nitrogens with zero attached hydrogens (tertiary/aromatic N) is 1. The number of rotatable bonds is 3. The number of hydrogen-bond acceptors (Lipinski definition) is 3. The van der Waals surface area contributed by atoms with Gasteiger partial charge in [0, 0.05) is 24.2 Å². The van der Waals surface area contributed by atoms with E-state index in [0.717, 1.165) is 0 Å². The van der Waals surface area contributed by atoms with E-state index in [9.17, 15) is 4.79 Å². The maximum absolute atomic E-state index is 11.1. The van der Waals surface area contributed by atoms with Gasteiger partial charge in [-0.15, -0.1) is 0 Å². The van der Waals surface area contributed by atoms with E-state index in [0.29, 0.717) is 11.0 Å². The molecule has 0 unspecified atom stereocenters. The van der Waals surface area contributed by atoms with Gasteiger partial charge in [0.25, 0.3) is 0 Å². The number of aromatic carboxylic acids is 1. The summed E-state index contributed by atoms with van der Waals surface area (Å²) in [6, 6.07) is 3.01. The Labute approximate surface area is 89.9 Å². The highest BCUT2D eigenvalue weighted by atomic mass is 16.5. The lowest BCUT2D eigenvalue weighted by Crippen LogP contribution is -2.06. The van der Waals surface area contributed by atoms with Crippen LogP contribution in [0, 0.1) is 0 Å². The maximum Gasteiger partial charge on any atom is 0.354 e. The SMILES string of the molecule is [2H]COC([2H])([2H])c1cc2cc[nH]c2nc1C(=O)O. The van der Waals surface area contributed by atoms with Crippen LogP contribution < -0.4 is 0 Å². The third kappa shape index (κ3) is 1.69. The number of carboxylic acids is 1. The van der Waals surface area contributed by atoms with Gasteiger partial charge >= 0.3 is 5.97 Å². The number of fused-ring (bicyclic) bond motifs is 1. The van der Waals surface area contributed by atoms with Crippen LogP contribution in [0.15, 0.2) is 18.3 Å². The number of hydrogen-bond donors (Lipinski definition) is 2. The predicted octanol–water partition coefficient (Wildman–Crippen LogP) is 1.41. The first-order chi connectivity index (χ1) is 8.45. The Morgan fingerprint density at radius 3 is 3.47 bits per heavy atom. The van der Waals surface area contributed by atoms with E-state index in [1.165, 1.54) is 6.07 Å². The summed E-state index contributed by atoms with van der Waals surface area (Å²) >= 11 is 0. The minimum atomic E-state index is -2.37. The van der Waals surface area contributed by atoms with Gasteiger partial charge in [-0.25, -0.2) is 9.78 Å². The zero-order valence-electron chi connectivity index (χ0n) is 10.7. The number of methoxy groups -OCH3 is 1. The lowest BCUT2D eigenvalue weighted by Gasteiger charge is -2.04. The summed E-state index contributed by atoms with van der Waals surface area (Å²) in [5.41, 5.74) is -0.268. The molecule has 0 amide bonds. The Morgan fingerprint density at radius 2 is 2.73 bits per heavy atom. The Balaban J connectivity index is 2.66. The van der Waals surface area contributed by atoms with Crippen molar-refractivity contribution >= 4 is 17.0 Å². The van der Waals surface area contributed by atoms with Crippen LogP contribution in [-0.2, 0) is 11.3 Å². The highest BCUT2D eigenvalue weighted by Gasteiger charge is 2.13. The summed E-state index contributed by atoms with van der Waals surface area (Å²) in [4.78, 5) is 17.7. The number of carbonyl (C=O) groups is 1. The van der Waals surface area contributed by atoms with Crippen molar-refractivity contribution in [3.63, 3.8) is 0 Å². The molecule has 0 saturated carbocycles. The summed E-state index contributed by atoms with van der Waals surface area (Å²) in [5.74, 6) is -1.35. The highest BCUT2D eigenvalue weighted by Crippen LogP contribution is 2.16. The van der Waals surface area contributed by atoms with E-state index in [-0.39, 0.29) is 5.56 Å². The maximum atomic E-state index is 11.1. The molecule has 2 aromatic rings. The molecule has 0 saturated heterocycles. The number of ether oxygens (including phenoxy) is 1. The van der Waals surface area contributed by atoms with Gasteiger partial charge in [0.1, 0.15) is 5.65 Å². The molecule has 78 valence electrons. The lowest BCUT2D eigenvalue weighted by molar-refractivity contribution is 0.0685. The average Bonchev–Trinajstić information content (AvgIpc) is 2.74. The van der Waals surface area contributed by atoms with E-state index in [1.54, 1.807) is 12.3 Å². The summed E-state index contributed by atoms with van der Waals surface area (Å²) in [6.07, 6.45) is 1.58. The second-order valence-corrected chi connectivity index (χ2v) is 2.85. The van der Waals surface area contributed by atoms with Crippen molar-refractivity contribution in [2.24, 2.45) is 0 Å².